The SMILES string of the molecule is C[CH-]CC[CH-]CC.[V+2]. The predicted octanol–water partition coefficient (Wildman–Crippen LogP) is 2.60. The molecule has 0 N–H and O–H groups in total. The van der Waals surface area contributed by atoms with Crippen molar-refractivity contribution in [2.75, 3.05) is 0 Å². The van der Waals surface area contributed by atoms with Crippen molar-refractivity contribution in [3.8, 4) is 0 Å². The zero-order chi connectivity index (χ0) is 5.54. The van der Waals surface area contributed by atoms with Crippen LogP contribution in [0.5, 0.6) is 0 Å². The maximum atomic E-state index is 2.31. The van der Waals surface area contributed by atoms with Gasteiger partial charge in [-0.3, -0.25) is 0 Å². The van der Waals surface area contributed by atoms with Crippen LogP contribution in [0.25, 0.3) is 0 Å². The average Bonchev–Trinajstić information content (AvgIpc) is 1.69. The van der Waals surface area contributed by atoms with E-state index < -0.39 is 0 Å². The Labute approximate surface area is 64.9 Å². The fourth-order valence-electron chi connectivity index (χ4n) is 0.489. The number of unbranched alkanes of at least 4 members (excludes halogenated alkanes) is 4. The topological polar surface area (TPSA) is 0 Å². The molecule has 0 aromatic rings. The summed E-state index contributed by atoms with van der Waals surface area (Å²) < 4.78 is 0. The second-order valence-corrected chi connectivity index (χ2v) is 1.68. The molecule has 0 aliphatic heterocycles. The standard InChI is InChI=1S/C7H14.V/c1-3-5-7-6-4-2;/h3,6H,4-5,7H2,1-2H3;/q-2;+2. The van der Waals surface area contributed by atoms with Gasteiger partial charge >= 0.3 is 18.6 Å². The summed E-state index contributed by atoms with van der Waals surface area (Å²) in [6.07, 6.45) is 8.22. The summed E-state index contributed by atoms with van der Waals surface area (Å²) >= 11 is 0. The Balaban J connectivity index is 0. The van der Waals surface area contributed by atoms with Crippen LogP contribution in [0.1, 0.15) is 33.1 Å². The first-order chi connectivity index (χ1) is 3.41. The third-order valence-electron chi connectivity index (χ3n) is 0.948. The minimum Gasteiger partial charge on any atom is -0.334 e. The maximum Gasteiger partial charge on any atom is 2.00 e. The van der Waals surface area contributed by atoms with Crippen molar-refractivity contribution in [2.24, 2.45) is 0 Å². The molecule has 0 amide bonds. The minimum absolute atomic E-state index is 0. The largest absolute Gasteiger partial charge is 2.00 e. The molecule has 47 valence electrons. The first-order valence-corrected chi connectivity index (χ1v) is 3.01. The van der Waals surface area contributed by atoms with Gasteiger partial charge in [0, 0.05) is 0 Å². The van der Waals surface area contributed by atoms with Gasteiger partial charge in [-0.2, -0.15) is 13.3 Å². The summed E-state index contributed by atoms with van der Waals surface area (Å²) in [7, 11) is 0. The van der Waals surface area contributed by atoms with Gasteiger partial charge in [-0.05, 0) is 0 Å². The molecule has 0 saturated carbocycles. The summed E-state index contributed by atoms with van der Waals surface area (Å²) in [5.41, 5.74) is 0. The molecule has 0 heterocycles. The molecule has 8 heavy (non-hydrogen) atoms. The average molecular weight is 149 g/mol. The van der Waals surface area contributed by atoms with Crippen LogP contribution in [-0.2, 0) is 18.6 Å². The second-order valence-electron chi connectivity index (χ2n) is 1.68. The molecule has 0 saturated heterocycles. The van der Waals surface area contributed by atoms with E-state index in [-0.39, 0.29) is 18.6 Å². The summed E-state index contributed by atoms with van der Waals surface area (Å²) in [6, 6.07) is 0. The van der Waals surface area contributed by atoms with Crippen molar-refractivity contribution in [3.63, 3.8) is 0 Å². The van der Waals surface area contributed by atoms with E-state index in [2.05, 4.69) is 26.7 Å². The second kappa shape index (κ2) is 10.5. The third-order valence-corrected chi connectivity index (χ3v) is 0.948. The van der Waals surface area contributed by atoms with Gasteiger partial charge in [0.2, 0.25) is 0 Å². The van der Waals surface area contributed by atoms with Gasteiger partial charge in [-0.1, -0.05) is 6.92 Å². The van der Waals surface area contributed by atoms with Crippen LogP contribution in [0, 0.1) is 12.8 Å². The molecular formula is C7H14V. The van der Waals surface area contributed by atoms with E-state index >= 15 is 0 Å². The van der Waals surface area contributed by atoms with Gasteiger partial charge in [0.15, 0.2) is 0 Å². The Morgan fingerprint density at radius 1 is 1.25 bits per heavy atom. The van der Waals surface area contributed by atoms with Gasteiger partial charge in [0.1, 0.15) is 0 Å². The Kier molecular flexibility index (Phi) is 15.0. The van der Waals surface area contributed by atoms with Crippen molar-refractivity contribution in [2.45, 2.75) is 33.1 Å². The number of hydrogen-bond acceptors (Lipinski definition) is 0. The van der Waals surface area contributed by atoms with Crippen LogP contribution in [0.3, 0.4) is 0 Å². The van der Waals surface area contributed by atoms with E-state index in [9.17, 15) is 0 Å². The summed E-state index contributed by atoms with van der Waals surface area (Å²) in [4.78, 5) is 0. The van der Waals surface area contributed by atoms with Crippen molar-refractivity contribution >= 4 is 0 Å². The van der Waals surface area contributed by atoms with Crippen LogP contribution in [0.2, 0.25) is 0 Å². The molecule has 1 radical (unpaired) electrons. The Morgan fingerprint density at radius 3 is 2.25 bits per heavy atom. The van der Waals surface area contributed by atoms with E-state index in [1.807, 2.05) is 0 Å². The van der Waals surface area contributed by atoms with Crippen LogP contribution >= 0.6 is 0 Å². The first kappa shape index (κ1) is 11.4. The van der Waals surface area contributed by atoms with Crippen LogP contribution in [0.15, 0.2) is 0 Å². The van der Waals surface area contributed by atoms with Gasteiger partial charge < -0.3 is 12.8 Å². The smallest absolute Gasteiger partial charge is 0.334 e. The Hall–Kier alpha value is 0.584. The number of rotatable bonds is 4. The monoisotopic (exact) mass is 149 g/mol. The van der Waals surface area contributed by atoms with Gasteiger partial charge in [0.25, 0.3) is 0 Å². The molecule has 0 aliphatic rings. The molecule has 0 spiro atoms. The van der Waals surface area contributed by atoms with Crippen molar-refractivity contribution in [3.05, 3.63) is 12.8 Å². The zero-order valence-electron chi connectivity index (χ0n) is 5.72. The van der Waals surface area contributed by atoms with Crippen LogP contribution in [0.4, 0.5) is 0 Å². The Bertz CT molecular complexity index is 23.6. The molecule has 0 aromatic heterocycles. The summed E-state index contributed by atoms with van der Waals surface area (Å²) in [5, 5.41) is 0. The van der Waals surface area contributed by atoms with Crippen molar-refractivity contribution in [1.29, 1.82) is 0 Å². The van der Waals surface area contributed by atoms with E-state index in [4.69, 9.17) is 0 Å². The maximum absolute atomic E-state index is 2.31. The zero-order valence-corrected chi connectivity index (χ0v) is 7.12. The molecular weight excluding hydrogens is 135 g/mol. The van der Waals surface area contributed by atoms with E-state index in [1.54, 1.807) is 0 Å². The number of hydrogen-bond donors (Lipinski definition) is 0. The molecule has 0 atom stereocenters. The molecule has 0 rings (SSSR count). The van der Waals surface area contributed by atoms with Gasteiger partial charge in [-0.15, -0.1) is 0 Å². The summed E-state index contributed by atoms with van der Waals surface area (Å²) in [5.74, 6) is 0. The van der Waals surface area contributed by atoms with Crippen molar-refractivity contribution in [1.82, 2.24) is 0 Å². The molecule has 0 unspecified atom stereocenters. The molecule has 0 bridgehead atoms. The molecule has 0 fully saturated rings. The molecule has 0 aliphatic carbocycles. The minimum atomic E-state index is 0. The van der Waals surface area contributed by atoms with E-state index in [0.29, 0.717) is 0 Å². The fourth-order valence-corrected chi connectivity index (χ4v) is 0.489. The Morgan fingerprint density at radius 2 is 1.88 bits per heavy atom. The summed E-state index contributed by atoms with van der Waals surface area (Å²) in [6.45, 7) is 4.28. The van der Waals surface area contributed by atoms with Gasteiger partial charge in [0.05, 0.1) is 0 Å². The predicted molar refractivity (Wildman–Crippen MR) is 33.8 cm³/mol. The normalized spacial score (nSPS) is 8.25. The van der Waals surface area contributed by atoms with Crippen LogP contribution < -0.4 is 0 Å². The van der Waals surface area contributed by atoms with Crippen molar-refractivity contribution < 1.29 is 18.6 Å². The van der Waals surface area contributed by atoms with E-state index in [1.165, 1.54) is 19.3 Å². The van der Waals surface area contributed by atoms with Gasteiger partial charge in [-0.25, -0.2) is 12.8 Å². The van der Waals surface area contributed by atoms with Crippen LogP contribution in [-0.4, -0.2) is 0 Å². The third kappa shape index (κ3) is 9.77. The molecule has 0 aromatic carbocycles. The molecule has 0 nitrogen and oxygen atoms in total. The fraction of sp³-hybridized carbons (Fsp3) is 0.714. The van der Waals surface area contributed by atoms with E-state index in [0.717, 1.165) is 0 Å². The quantitative estimate of drug-likeness (QED) is 0.425. The first-order valence-electron chi connectivity index (χ1n) is 3.01. The molecule has 1 heteroatoms.